The largest absolute Gasteiger partial charge is 0.508 e. The number of hydrogen-bond donors (Lipinski definition) is 7. The van der Waals surface area contributed by atoms with Crippen molar-refractivity contribution in [3.63, 3.8) is 0 Å². The first-order valence-electron chi connectivity index (χ1n) is 9.97. The van der Waals surface area contributed by atoms with Crippen LogP contribution in [0.4, 0.5) is 4.39 Å². The molecule has 1 heterocycles. The zero-order valence-electron chi connectivity index (χ0n) is 17.9. The van der Waals surface area contributed by atoms with Crippen LogP contribution in [0.2, 0.25) is 0 Å². The number of carbonyl (C=O) groups is 1. The van der Waals surface area contributed by atoms with E-state index < -0.39 is 64.1 Å². The summed E-state index contributed by atoms with van der Waals surface area (Å²) >= 11 is 0. The van der Waals surface area contributed by atoms with Crippen LogP contribution in [0.1, 0.15) is 27.6 Å². The molecule has 2 atom stereocenters. The summed E-state index contributed by atoms with van der Waals surface area (Å²) in [5.41, 5.74) is -0.626. The molecule has 0 aromatic heterocycles. The van der Waals surface area contributed by atoms with Gasteiger partial charge >= 0.3 is 5.97 Å². The zero-order chi connectivity index (χ0) is 25.6. The van der Waals surface area contributed by atoms with Crippen LogP contribution in [-0.4, -0.2) is 54.9 Å². The molecule has 1 aliphatic rings. The molecule has 11 nitrogen and oxygen atoms in total. The van der Waals surface area contributed by atoms with Gasteiger partial charge in [0.1, 0.15) is 28.9 Å². The van der Waals surface area contributed by atoms with Crippen molar-refractivity contribution in [3.8, 4) is 51.7 Å². The molecule has 0 bridgehead atoms. The molecule has 3 aromatic carbocycles. The van der Waals surface area contributed by atoms with Crippen molar-refractivity contribution < 1.29 is 59.1 Å². The van der Waals surface area contributed by atoms with Gasteiger partial charge in [-0.25, -0.2) is 9.18 Å². The van der Waals surface area contributed by atoms with Crippen LogP contribution >= 0.6 is 0 Å². The number of phenols is 7. The minimum Gasteiger partial charge on any atom is -0.508 e. The van der Waals surface area contributed by atoms with Gasteiger partial charge in [0, 0.05) is 35.7 Å². The van der Waals surface area contributed by atoms with Gasteiger partial charge in [-0.1, -0.05) is 0 Å². The SMILES string of the molecule is COc1c(O)c(O)cc(C(=O)O[C@@H]2Cc3c(O)cc(O)cc3O[C@H]2c2cc(O)c(O)c(O)c2)c1F. The molecule has 0 amide bonds. The number of ether oxygens (including phenoxy) is 3. The Hall–Kier alpha value is -4.74. The quantitative estimate of drug-likeness (QED) is 0.210. The van der Waals surface area contributed by atoms with Gasteiger partial charge in [0.2, 0.25) is 11.5 Å². The summed E-state index contributed by atoms with van der Waals surface area (Å²) in [7, 11) is 1.01. The topological polar surface area (TPSA) is 186 Å². The average molecular weight is 490 g/mol. The molecule has 0 aliphatic carbocycles. The van der Waals surface area contributed by atoms with E-state index in [0.29, 0.717) is 6.07 Å². The highest BCUT2D eigenvalue weighted by molar-refractivity contribution is 5.91. The highest BCUT2D eigenvalue weighted by Gasteiger charge is 2.38. The molecule has 0 spiro atoms. The maximum atomic E-state index is 14.7. The molecule has 0 saturated heterocycles. The minimum atomic E-state index is -1.31. The fourth-order valence-corrected chi connectivity index (χ4v) is 3.77. The highest BCUT2D eigenvalue weighted by atomic mass is 19.1. The lowest BCUT2D eigenvalue weighted by Crippen LogP contribution is -2.35. The van der Waals surface area contributed by atoms with Crippen molar-refractivity contribution in [2.45, 2.75) is 18.6 Å². The molecular weight excluding hydrogens is 471 g/mol. The number of benzene rings is 3. The van der Waals surface area contributed by atoms with Gasteiger partial charge in [0.15, 0.2) is 34.9 Å². The Labute approximate surface area is 196 Å². The van der Waals surface area contributed by atoms with Crippen molar-refractivity contribution in [2.75, 3.05) is 7.11 Å². The summed E-state index contributed by atoms with van der Waals surface area (Å²) in [5, 5.41) is 69.1. The smallest absolute Gasteiger partial charge is 0.341 e. The molecule has 0 fully saturated rings. The van der Waals surface area contributed by atoms with Gasteiger partial charge in [-0.2, -0.15) is 0 Å². The number of carbonyl (C=O) groups excluding carboxylic acids is 1. The molecule has 0 saturated carbocycles. The number of halogens is 1. The Morgan fingerprint density at radius 3 is 2.17 bits per heavy atom. The Balaban J connectivity index is 1.77. The number of methoxy groups -OCH3 is 1. The first-order valence-corrected chi connectivity index (χ1v) is 9.97. The van der Waals surface area contributed by atoms with Gasteiger partial charge in [-0.05, 0) is 12.1 Å². The van der Waals surface area contributed by atoms with Crippen molar-refractivity contribution in [1.82, 2.24) is 0 Å². The zero-order valence-corrected chi connectivity index (χ0v) is 17.9. The normalized spacial score (nSPS) is 16.7. The second-order valence-corrected chi connectivity index (χ2v) is 7.67. The first-order chi connectivity index (χ1) is 16.5. The van der Waals surface area contributed by atoms with E-state index in [1.54, 1.807) is 0 Å². The average Bonchev–Trinajstić information content (AvgIpc) is 2.79. The van der Waals surface area contributed by atoms with E-state index in [-0.39, 0.29) is 34.8 Å². The van der Waals surface area contributed by atoms with Crippen molar-refractivity contribution in [2.24, 2.45) is 0 Å². The van der Waals surface area contributed by atoms with Gasteiger partial charge in [0.25, 0.3) is 0 Å². The molecule has 1 aliphatic heterocycles. The number of esters is 1. The monoisotopic (exact) mass is 490 g/mol. The van der Waals surface area contributed by atoms with Crippen LogP contribution in [0, 0.1) is 5.82 Å². The second kappa shape index (κ2) is 8.56. The Bertz CT molecular complexity index is 1310. The van der Waals surface area contributed by atoms with E-state index in [2.05, 4.69) is 4.74 Å². The minimum absolute atomic E-state index is 0.00183. The van der Waals surface area contributed by atoms with E-state index in [1.165, 1.54) is 6.07 Å². The number of rotatable bonds is 4. The van der Waals surface area contributed by atoms with E-state index >= 15 is 0 Å². The fourth-order valence-electron chi connectivity index (χ4n) is 3.77. The standard InChI is InChI=1S/C23H19FO11/c1-33-22-18(24)11(6-15(29)20(22)31)23(32)35-17-7-10-12(26)4-9(25)5-16(10)34-21(17)8-2-13(27)19(30)14(28)3-8/h2-6,17,21,25-31H,7H2,1H3/t17-,21+/m1/s1. The second-order valence-electron chi connectivity index (χ2n) is 7.67. The first kappa shape index (κ1) is 23.4. The van der Waals surface area contributed by atoms with Gasteiger partial charge in [0.05, 0.1) is 7.11 Å². The van der Waals surface area contributed by atoms with Crippen LogP contribution in [0.25, 0.3) is 0 Å². The van der Waals surface area contributed by atoms with E-state index in [1.807, 2.05) is 0 Å². The lowest BCUT2D eigenvalue weighted by molar-refractivity contribution is -0.0193. The molecular formula is C23H19FO11. The summed E-state index contributed by atoms with van der Waals surface area (Å²) in [6.07, 6.45) is -2.81. The highest BCUT2D eigenvalue weighted by Crippen LogP contribution is 2.46. The van der Waals surface area contributed by atoms with Crippen molar-refractivity contribution in [1.29, 1.82) is 0 Å². The molecule has 4 rings (SSSR count). The lowest BCUT2D eigenvalue weighted by Gasteiger charge is -2.34. The third-order valence-corrected chi connectivity index (χ3v) is 5.44. The van der Waals surface area contributed by atoms with Gasteiger partial charge in [-0.3, -0.25) is 0 Å². The predicted octanol–water partition coefficient (Wildman–Crippen LogP) is 2.68. The van der Waals surface area contributed by atoms with E-state index in [9.17, 15) is 44.9 Å². The van der Waals surface area contributed by atoms with E-state index in [0.717, 1.165) is 25.3 Å². The van der Waals surface area contributed by atoms with Crippen LogP contribution in [-0.2, 0) is 11.2 Å². The predicted molar refractivity (Wildman–Crippen MR) is 114 cm³/mol. The summed E-state index contributed by atoms with van der Waals surface area (Å²) in [5.74, 6) is -8.11. The number of hydrogen-bond acceptors (Lipinski definition) is 11. The Kier molecular flexibility index (Phi) is 5.73. The third kappa shape index (κ3) is 4.05. The summed E-state index contributed by atoms with van der Waals surface area (Å²) in [4.78, 5) is 12.9. The number of aromatic hydroxyl groups is 7. The van der Waals surface area contributed by atoms with Crippen LogP contribution in [0.3, 0.4) is 0 Å². The molecule has 184 valence electrons. The molecule has 3 aromatic rings. The molecule has 12 heteroatoms. The Morgan fingerprint density at radius 1 is 0.914 bits per heavy atom. The molecule has 0 unspecified atom stereocenters. The fraction of sp³-hybridized carbons (Fsp3) is 0.174. The van der Waals surface area contributed by atoms with Crippen molar-refractivity contribution >= 4 is 5.97 Å². The van der Waals surface area contributed by atoms with Crippen LogP contribution in [0.15, 0.2) is 30.3 Å². The lowest BCUT2D eigenvalue weighted by atomic mass is 9.93. The molecule has 35 heavy (non-hydrogen) atoms. The van der Waals surface area contributed by atoms with E-state index in [4.69, 9.17) is 9.47 Å². The maximum Gasteiger partial charge on any atom is 0.341 e. The Morgan fingerprint density at radius 2 is 1.54 bits per heavy atom. The summed E-state index contributed by atoms with van der Waals surface area (Å²) in [6.45, 7) is 0. The van der Waals surface area contributed by atoms with Gasteiger partial charge in [-0.15, -0.1) is 0 Å². The summed E-state index contributed by atoms with van der Waals surface area (Å²) < 4.78 is 30.6. The number of fused-ring (bicyclic) bond motifs is 1. The van der Waals surface area contributed by atoms with Crippen LogP contribution < -0.4 is 9.47 Å². The van der Waals surface area contributed by atoms with Gasteiger partial charge < -0.3 is 50.0 Å². The van der Waals surface area contributed by atoms with Crippen molar-refractivity contribution in [3.05, 3.63) is 52.8 Å². The third-order valence-electron chi connectivity index (χ3n) is 5.44. The molecule has 7 N–H and O–H groups in total. The molecule has 0 radical (unpaired) electrons. The van der Waals surface area contributed by atoms with Crippen LogP contribution in [0.5, 0.6) is 51.7 Å². The number of phenolic OH excluding ortho intramolecular Hbond substituents is 7. The summed E-state index contributed by atoms with van der Waals surface area (Å²) in [6, 6.07) is 4.91. The maximum absolute atomic E-state index is 14.7.